The third-order valence-electron chi connectivity index (χ3n) is 2.83. The number of hydrogen-bond acceptors (Lipinski definition) is 5. The van der Waals surface area contributed by atoms with E-state index in [0.29, 0.717) is 4.88 Å². The molecule has 2 rings (SSSR count). The van der Waals surface area contributed by atoms with Crippen LogP contribution in [-0.2, 0) is 9.59 Å². The van der Waals surface area contributed by atoms with Gasteiger partial charge in [-0.15, -0.1) is 11.3 Å². The summed E-state index contributed by atoms with van der Waals surface area (Å²) in [5, 5.41) is 25.3. The van der Waals surface area contributed by atoms with Crippen LogP contribution in [0.5, 0.6) is 0 Å². The van der Waals surface area contributed by atoms with Gasteiger partial charge in [0.2, 0.25) is 0 Å². The molecule has 0 aliphatic rings. The Balaban J connectivity index is 1.90. The molecule has 0 aliphatic heterocycles. The molecule has 0 fully saturated rings. The molecule has 1 heterocycles. The Bertz CT molecular complexity index is 707. The molecule has 0 spiro atoms. The van der Waals surface area contributed by atoms with Gasteiger partial charge >= 0.3 is 11.8 Å². The molecule has 1 unspecified atom stereocenters. The average molecular weight is 315 g/mol. The summed E-state index contributed by atoms with van der Waals surface area (Å²) in [7, 11) is 0. The summed E-state index contributed by atoms with van der Waals surface area (Å²) < 4.78 is 0. The molecule has 1 aromatic carbocycles. The Hall–Kier alpha value is -2.69. The fourth-order valence-corrected chi connectivity index (χ4v) is 2.43. The highest BCUT2D eigenvalue weighted by atomic mass is 32.1. The minimum absolute atomic E-state index is 0.0628. The van der Waals surface area contributed by atoms with Crippen molar-refractivity contribution in [2.75, 3.05) is 11.9 Å². The highest BCUT2D eigenvalue weighted by Crippen LogP contribution is 2.17. The predicted molar refractivity (Wildman–Crippen MR) is 82.1 cm³/mol. The number of hydrogen-bond donors (Lipinski definition) is 3. The molecule has 112 valence electrons. The number of aliphatic hydroxyl groups excluding tert-OH is 1. The number of para-hydroxylation sites is 1. The second-order valence-electron chi connectivity index (χ2n) is 4.35. The normalized spacial score (nSPS) is 11.3. The first-order chi connectivity index (χ1) is 10.6. The van der Waals surface area contributed by atoms with Crippen molar-refractivity contribution in [1.82, 2.24) is 5.32 Å². The average Bonchev–Trinajstić information content (AvgIpc) is 3.07. The maximum absolute atomic E-state index is 11.8. The minimum atomic E-state index is -0.888. The lowest BCUT2D eigenvalue weighted by atomic mass is 10.2. The van der Waals surface area contributed by atoms with Gasteiger partial charge in [0.05, 0.1) is 11.3 Å². The van der Waals surface area contributed by atoms with E-state index in [2.05, 4.69) is 10.6 Å². The Kier molecular flexibility index (Phi) is 5.25. The highest BCUT2D eigenvalue weighted by Gasteiger charge is 2.17. The van der Waals surface area contributed by atoms with Crippen LogP contribution in [0, 0.1) is 11.3 Å². The summed E-state index contributed by atoms with van der Waals surface area (Å²) in [6.45, 7) is -0.0628. The van der Waals surface area contributed by atoms with Crippen LogP contribution in [0.1, 0.15) is 16.5 Å². The molecule has 1 aromatic heterocycles. The van der Waals surface area contributed by atoms with Crippen LogP contribution in [0.4, 0.5) is 5.69 Å². The lowest BCUT2D eigenvalue weighted by Gasteiger charge is -2.10. The lowest BCUT2D eigenvalue weighted by Crippen LogP contribution is -2.37. The number of benzene rings is 1. The molecule has 3 N–H and O–H groups in total. The molecular formula is C15H13N3O3S. The van der Waals surface area contributed by atoms with E-state index in [9.17, 15) is 14.7 Å². The molecule has 6 nitrogen and oxygen atoms in total. The largest absolute Gasteiger partial charge is 0.386 e. The molecule has 0 saturated heterocycles. The summed E-state index contributed by atoms with van der Waals surface area (Å²) >= 11 is 1.36. The van der Waals surface area contributed by atoms with Gasteiger partial charge in [0, 0.05) is 11.4 Å². The molecule has 0 radical (unpaired) electrons. The zero-order valence-electron chi connectivity index (χ0n) is 11.4. The topological polar surface area (TPSA) is 102 Å². The van der Waals surface area contributed by atoms with E-state index in [0.717, 1.165) is 0 Å². The van der Waals surface area contributed by atoms with Crippen molar-refractivity contribution in [3.63, 3.8) is 0 Å². The number of aliphatic hydroxyl groups is 1. The fraction of sp³-hybridized carbons (Fsp3) is 0.133. The van der Waals surface area contributed by atoms with Crippen molar-refractivity contribution < 1.29 is 14.7 Å². The van der Waals surface area contributed by atoms with Crippen molar-refractivity contribution >= 4 is 28.8 Å². The number of nitrogens with zero attached hydrogens (tertiary/aromatic N) is 1. The number of thiophene rings is 1. The molecule has 1 atom stereocenters. The first-order valence-corrected chi connectivity index (χ1v) is 7.29. The Morgan fingerprint density at radius 1 is 1.23 bits per heavy atom. The van der Waals surface area contributed by atoms with Gasteiger partial charge in [-0.3, -0.25) is 9.59 Å². The number of amides is 2. The summed E-state index contributed by atoms with van der Waals surface area (Å²) in [5.74, 6) is -1.76. The van der Waals surface area contributed by atoms with E-state index in [-0.39, 0.29) is 17.8 Å². The first kappa shape index (κ1) is 15.7. The molecule has 0 saturated carbocycles. The Morgan fingerprint density at radius 3 is 2.68 bits per heavy atom. The molecule has 7 heteroatoms. The van der Waals surface area contributed by atoms with Gasteiger partial charge in [0.25, 0.3) is 0 Å². The van der Waals surface area contributed by atoms with Gasteiger partial charge in [0.15, 0.2) is 0 Å². The monoisotopic (exact) mass is 315 g/mol. The number of nitriles is 1. The number of nitrogens with one attached hydrogen (secondary N) is 2. The van der Waals surface area contributed by atoms with Crippen LogP contribution in [0.2, 0.25) is 0 Å². The first-order valence-electron chi connectivity index (χ1n) is 6.41. The van der Waals surface area contributed by atoms with E-state index in [1.807, 2.05) is 11.4 Å². The second-order valence-corrected chi connectivity index (χ2v) is 5.33. The summed E-state index contributed by atoms with van der Waals surface area (Å²) in [6.07, 6.45) is -0.858. The molecule has 2 amide bonds. The minimum Gasteiger partial charge on any atom is -0.386 e. The van der Waals surface area contributed by atoms with Crippen LogP contribution < -0.4 is 10.6 Å². The van der Waals surface area contributed by atoms with Crippen molar-refractivity contribution in [2.24, 2.45) is 0 Å². The molecule has 22 heavy (non-hydrogen) atoms. The quantitative estimate of drug-likeness (QED) is 0.742. The van der Waals surface area contributed by atoms with E-state index in [1.165, 1.54) is 23.5 Å². The van der Waals surface area contributed by atoms with Crippen LogP contribution in [0.25, 0.3) is 0 Å². The van der Waals surface area contributed by atoms with E-state index in [1.54, 1.807) is 24.3 Å². The van der Waals surface area contributed by atoms with Gasteiger partial charge in [-0.1, -0.05) is 18.2 Å². The second kappa shape index (κ2) is 7.36. The molecular weight excluding hydrogens is 302 g/mol. The molecule has 0 bridgehead atoms. The predicted octanol–water partition coefficient (Wildman–Crippen LogP) is 1.41. The lowest BCUT2D eigenvalue weighted by molar-refractivity contribution is -0.136. The van der Waals surface area contributed by atoms with Crippen LogP contribution in [0.15, 0.2) is 41.8 Å². The van der Waals surface area contributed by atoms with Gasteiger partial charge in [-0.2, -0.15) is 5.26 Å². The summed E-state index contributed by atoms with van der Waals surface area (Å²) in [4.78, 5) is 24.2. The van der Waals surface area contributed by atoms with E-state index in [4.69, 9.17) is 5.26 Å². The standard InChI is InChI=1S/C15H13N3O3S/c16-8-10-4-1-2-5-11(10)18-15(21)14(20)17-9-12(19)13-6-3-7-22-13/h1-7,12,19H,9H2,(H,17,20)(H,18,21). The van der Waals surface area contributed by atoms with Gasteiger partial charge < -0.3 is 15.7 Å². The third-order valence-corrected chi connectivity index (χ3v) is 3.80. The maximum atomic E-state index is 11.8. The zero-order chi connectivity index (χ0) is 15.9. The van der Waals surface area contributed by atoms with Gasteiger partial charge in [-0.25, -0.2) is 0 Å². The highest BCUT2D eigenvalue weighted by molar-refractivity contribution is 7.10. The smallest absolute Gasteiger partial charge is 0.313 e. The summed E-state index contributed by atoms with van der Waals surface area (Å²) in [6, 6.07) is 11.8. The fourth-order valence-electron chi connectivity index (χ4n) is 1.72. The van der Waals surface area contributed by atoms with Crippen molar-refractivity contribution in [3.8, 4) is 6.07 Å². The van der Waals surface area contributed by atoms with E-state index < -0.39 is 17.9 Å². The Morgan fingerprint density at radius 2 is 2.00 bits per heavy atom. The Labute approximate surface area is 131 Å². The van der Waals surface area contributed by atoms with Gasteiger partial charge in [0.1, 0.15) is 12.2 Å². The third kappa shape index (κ3) is 3.91. The molecule has 2 aromatic rings. The zero-order valence-corrected chi connectivity index (χ0v) is 12.3. The van der Waals surface area contributed by atoms with Crippen molar-refractivity contribution in [3.05, 3.63) is 52.2 Å². The van der Waals surface area contributed by atoms with Crippen LogP contribution >= 0.6 is 11.3 Å². The number of carbonyl (C=O) groups excluding carboxylic acids is 2. The van der Waals surface area contributed by atoms with Gasteiger partial charge in [-0.05, 0) is 23.6 Å². The van der Waals surface area contributed by atoms with Crippen molar-refractivity contribution in [1.29, 1.82) is 5.26 Å². The number of anilines is 1. The van der Waals surface area contributed by atoms with Crippen LogP contribution in [0.3, 0.4) is 0 Å². The maximum Gasteiger partial charge on any atom is 0.313 e. The summed E-state index contributed by atoms with van der Waals surface area (Å²) in [5.41, 5.74) is 0.534. The molecule has 0 aliphatic carbocycles. The van der Waals surface area contributed by atoms with Crippen molar-refractivity contribution in [2.45, 2.75) is 6.10 Å². The number of rotatable bonds is 4. The number of carbonyl (C=O) groups is 2. The SMILES string of the molecule is N#Cc1ccccc1NC(=O)C(=O)NCC(O)c1cccs1. The van der Waals surface area contributed by atoms with E-state index >= 15 is 0 Å². The van der Waals surface area contributed by atoms with Crippen LogP contribution in [-0.4, -0.2) is 23.5 Å².